The number of hydrogen-bond acceptors (Lipinski definition) is 5. The summed E-state index contributed by atoms with van der Waals surface area (Å²) in [5.41, 5.74) is 2.01. The maximum atomic E-state index is 13.4. The van der Waals surface area contributed by atoms with E-state index < -0.39 is 0 Å². The van der Waals surface area contributed by atoms with Crippen LogP contribution >= 0.6 is 34.7 Å². The maximum absolute atomic E-state index is 13.4. The number of fused-ring (bicyclic) bond motifs is 1. The Hall–Kier alpha value is -2.61. The van der Waals surface area contributed by atoms with Crippen molar-refractivity contribution in [2.24, 2.45) is 0 Å². The maximum Gasteiger partial charge on any atom is 0.266 e. The number of thiophene rings is 1. The third-order valence-electron chi connectivity index (χ3n) is 4.84. The Bertz CT molecular complexity index is 1300. The quantitative estimate of drug-likeness (QED) is 0.304. The van der Waals surface area contributed by atoms with Crippen LogP contribution in [0.15, 0.2) is 69.9 Å². The van der Waals surface area contributed by atoms with Crippen LogP contribution in [0.3, 0.4) is 0 Å². The smallest absolute Gasteiger partial charge is 0.266 e. The molecule has 5 nitrogen and oxygen atoms in total. The van der Waals surface area contributed by atoms with Crippen LogP contribution in [0.4, 0.5) is 0 Å². The molecule has 0 bridgehead atoms. The molecule has 0 saturated heterocycles. The van der Waals surface area contributed by atoms with E-state index >= 15 is 0 Å². The number of carbonyl (C=O) groups is 1. The van der Waals surface area contributed by atoms with Gasteiger partial charge in [0, 0.05) is 9.90 Å². The van der Waals surface area contributed by atoms with Crippen molar-refractivity contribution in [3.8, 4) is 5.69 Å². The molecule has 0 aliphatic rings. The largest absolute Gasteiger partial charge is 0.348 e. The summed E-state index contributed by atoms with van der Waals surface area (Å²) in [5.74, 6) is 0.0165. The molecule has 0 spiro atoms. The summed E-state index contributed by atoms with van der Waals surface area (Å²) >= 11 is 8.95. The lowest BCUT2D eigenvalue weighted by molar-refractivity contribution is -0.119. The predicted molar refractivity (Wildman–Crippen MR) is 129 cm³/mol. The molecule has 0 saturated carbocycles. The minimum absolute atomic E-state index is 0.0740. The van der Waals surface area contributed by atoms with E-state index in [9.17, 15) is 9.59 Å². The van der Waals surface area contributed by atoms with Crippen LogP contribution in [0.5, 0.6) is 0 Å². The molecule has 1 amide bonds. The van der Waals surface area contributed by atoms with E-state index in [1.165, 1.54) is 11.8 Å². The second-order valence-corrected chi connectivity index (χ2v) is 9.43. The number of nitrogens with zero attached hydrogens (tertiary/aromatic N) is 2. The summed E-state index contributed by atoms with van der Waals surface area (Å²) in [7, 11) is 0. The minimum atomic E-state index is -0.189. The van der Waals surface area contributed by atoms with Gasteiger partial charge in [-0.05, 0) is 55.1 Å². The Labute approximate surface area is 193 Å². The first-order chi connectivity index (χ1) is 14.9. The van der Waals surface area contributed by atoms with Crippen molar-refractivity contribution in [3.63, 3.8) is 0 Å². The van der Waals surface area contributed by atoms with Crippen LogP contribution in [0.25, 0.3) is 16.6 Å². The van der Waals surface area contributed by atoms with Crippen LogP contribution in [0, 0.1) is 6.92 Å². The number of hydrogen-bond donors (Lipinski definition) is 1. The number of rotatable bonds is 6. The van der Waals surface area contributed by atoms with Gasteiger partial charge in [0.1, 0.15) is 0 Å². The van der Waals surface area contributed by atoms with E-state index in [-0.39, 0.29) is 23.3 Å². The fourth-order valence-corrected chi connectivity index (χ4v) is 5.00. The van der Waals surface area contributed by atoms with Gasteiger partial charge in [0.25, 0.3) is 5.56 Å². The summed E-state index contributed by atoms with van der Waals surface area (Å²) in [5, 5.41) is 6.42. The predicted octanol–water partition coefficient (Wildman–Crippen LogP) is 5.38. The molecule has 2 heterocycles. The summed E-state index contributed by atoms with van der Waals surface area (Å²) in [6, 6.07) is 16.5. The van der Waals surface area contributed by atoms with Crippen LogP contribution < -0.4 is 10.9 Å². The Morgan fingerprint density at radius 1 is 1.23 bits per heavy atom. The third-order valence-corrected chi connectivity index (χ3v) is 7.07. The van der Waals surface area contributed by atoms with Gasteiger partial charge in [0.15, 0.2) is 5.16 Å². The van der Waals surface area contributed by atoms with Crippen LogP contribution in [-0.2, 0) is 4.79 Å². The monoisotopic (exact) mass is 469 g/mol. The second kappa shape index (κ2) is 9.26. The Kier molecular flexibility index (Phi) is 6.46. The van der Waals surface area contributed by atoms with Crippen molar-refractivity contribution in [2.75, 3.05) is 5.75 Å². The van der Waals surface area contributed by atoms with Crippen LogP contribution in [0.2, 0.25) is 5.02 Å². The number of carbonyl (C=O) groups excluding carboxylic acids is 1. The van der Waals surface area contributed by atoms with Crippen molar-refractivity contribution in [1.29, 1.82) is 0 Å². The topological polar surface area (TPSA) is 64.0 Å². The van der Waals surface area contributed by atoms with Gasteiger partial charge < -0.3 is 5.32 Å². The molecular formula is C23H20ClN3O2S2. The Morgan fingerprint density at radius 2 is 2.03 bits per heavy atom. The molecule has 8 heteroatoms. The molecule has 2 aromatic carbocycles. The average Bonchev–Trinajstić information content (AvgIpc) is 3.28. The molecular weight excluding hydrogens is 450 g/mol. The lowest BCUT2D eigenvalue weighted by atomic mass is 10.2. The highest BCUT2D eigenvalue weighted by atomic mass is 35.5. The van der Waals surface area contributed by atoms with Gasteiger partial charge in [-0.2, -0.15) is 0 Å². The molecule has 1 unspecified atom stereocenters. The fourth-order valence-electron chi connectivity index (χ4n) is 3.28. The number of benzene rings is 2. The zero-order valence-electron chi connectivity index (χ0n) is 17.0. The third kappa shape index (κ3) is 4.69. The molecule has 1 atom stereocenters. The summed E-state index contributed by atoms with van der Waals surface area (Å²) in [6.45, 7) is 3.89. The first-order valence-corrected chi connectivity index (χ1v) is 11.9. The first kappa shape index (κ1) is 21.6. The standard InChI is InChI=1S/C23H20ClN3O2S2/c1-14-6-3-4-7-19(14)27-22(29)17-10-9-16(24)12-18(17)26-23(27)31-13-21(28)25-15(2)20-8-5-11-30-20/h3-12,15H,13H2,1-2H3,(H,25,28). The van der Waals surface area contributed by atoms with Gasteiger partial charge in [-0.25, -0.2) is 4.98 Å². The number of halogens is 1. The van der Waals surface area contributed by atoms with Crippen molar-refractivity contribution in [3.05, 3.63) is 85.8 Å². The summed E-state index contributed by atoms with van der Waals surface area (Å²) in [4.78, 5) is 31.7. The average molecular weight is 470 g/mol. The van der Waals surface area contributed by atoms with Gasteiger partial charge in [-0.3, -0.25) is 14.2 Å². The van der Waals surface area contributed by atoms with Crippen molar-refractivity contribution >= 4 is 51.5 Å². The number of thioether (sulfide) groups is 1. The van der Waals surface area contributed by atoms with E-state index in [0.29, 0.717) is 21.1 Å². The number of aryl methyl sites for hydroxylation is 1. The normalized spacial score (nSPS) is 12.1. The highest BCUT2D eigenvalue weighted by Gasteiger charge is 2.17. The van der Waals surface area contributed by atoms with Gasteiger partial charge >= 0.3 is 0 Å². The number of aromatic nitrogens is 2. The zero-order valence-corrected chi connectivity index (χ0v) is 19.4. The molecule has 1 N–H and O–H groups in total. The summed E-state index contributed by atoms with van der Waals surface area (Å²) < 4.78 is 1.58. The number of amides is 1. The number of para-hydroxylation sites is 1. The van der Waals surface area contributed by atoms with E-state index in [1.54, 1.807) is 34.1 Å². The molecule has 31 heavy (non-hydrogen) atoms. The van der Waals surface area contributed by atoms with Gasteiger partial charge in [0.05, 0.1) is 28.4 Å². The number of nitrogens with one attached hydrogen (secondary N) is 1. The zero-order chi connectivity index (χ0) is 22.0. The van der Waals surface area contributed by atoms with E-state index in [0.717, 1.165) is 16.1 Å². The molecule has 158 valence electrons. The lowest BCUT2D eigenvalue weighted by Gasteiger charge is -2.16. The van der Waals surface area contributed by atoms with Gasteiger partial charge in [0.2, 0.25) is 5.91 Å². The van der Waals surface area contributed by atoms with Crippen LogP contribution in [0.1, 0.15) is 23.4 Å². The minimum Gasteiger partial charge on any atom is -0.348 e. The molecule has 2 aromatic heterocycles. The van der Waals surface area contributed by atoms with E-state index in [1.807, 2.05) is 55.6 Å². The van der Waals surface area contributed by atoms with Crippen molar-refractivity contribution in [1.82, 2.24) is 14.9 Å². The Morgan fingerprint density at radius 3 is 2.77 bits per heavy atom. The Balaban J connectivity index is 1.68. The SMILES string of the molecule is Cc1ccccc1-n1c(SCC(=O)NC(C)c2cccs2)nc2cc(Cl)ccc2c1=O. The van der Waals surface area contributed by atoms with Crippen LogP contribution in [-0.4, -0.2) is 21.2 Å². The summed E-state index contributed by atoms with van der Waals surface area (Å²) in [6.07, 6.45) is 0. The second-order valence-electron chi connectivity index (χ2n) is 7.08. The molecule has 4 aromatic rings. The highest BCUT2D eigenvalue weighted by molar-refractivity contribution is 7.99. The highest BCUT2D eigenvalue weighted by Crippen LogP contribution is 2.25. The molecule has 0 fully saturated rings. The molecule has 0 radical (unpaired) electrons. The van der Waals surface area contributed by atoms with Gasteiger partial charge in [-0.1, -0.05) is 47.6 Å². The molecule has 4 rings (SSSR count). The van der Waals surface area contributed by atoms with Crippen molar-refractivity contribution in [2.45, 2.75) is 25.0 Å². The van der Waals surface area contributed by atoms with E-state index in [4.69, 9.17) is 11.6 Å². The fraction of sp³-hybridized carbons (Fsp3) is 0.174. The van der Waals surface area contributed by atoms with Gasteiger partial charge in [-0.15, -0.1) is 11.3 Å². The van der Waals surface area contributed by atoms with E-state index in [2.05, 4.69) is 10.3 Å². The molecule has 0 aliphatic carbocycles. The van der Waals surface area contributed by atoms with Crippen molar-refractivity contribution < 1.29 is 4.79 Å². The first-order valence-electron chi connectivity index (χ1n) is 9.68. The molecule has 0 aliphatic heterocycles. The lowest BCUT2D eigenvalue weighted by Crippen LogP contribution is -2.28.